The number of benzene rings is 1. The van der Waals surface area contributed by atoms with Crippen molar-refractivity contribution in [2.75, 3.05) is 0 Å². The molecular weight excluding hydrogens is 213 g/mol. The summed E-state index contributed by atoms with van der Waals surface area (Å²) in [5.74, 6) is 0. The molecule has 1 nitrogen and oxygen atoms in total. The van der Waals surface area contributed by atoms with E-state index in [-0.39, 0.29) is 0 Å². The molecule has 1 heterocycles. The van der Waals surface area contributed by atoms with Crippen LogP contribution in [0.2, 0.25) is 0 Å². The molecule has 0 amide bonds. The first-order chi connectivity index (χ1) is 5.86. The molecule has 60 valence electrons. The van der Waals surface area contributed by atoms with Gasteiger partial charge in [-0.25, -0.2) is 0 Å². The Labute approximate surface area is 77.8 Å². The second kappa shape index (κ2) is 3.26. The molecule has 0 saturated heterocycles. The third kappa shape index (κ3) is 1.50. The number of nitrogens with zero attached hydrogens (tertiary/aromatic N) is 1. The molecule has 1 aromatic heterocycles. The number of hydrogen-bond acceptors (Lipinski definition) is 1. The molecule has 0 aliphatic carbocycles. The number of aryl methyl sites for hydroxylation is 1. The zero-order chi connectivity index (χ0) is 8.39. The number of hydrogen-bond donors (Lipinski definition) is 0. The van der Waals surface area contributed by atoms with Gasteiger partial charge in [-0.05, 0) is 0 Å². The predicted octanol–water partition coefficient (Wildman–Crippen LogP) is 2.11. The normalized spacial score (nSPS) is 10.1. The van der Waals surface area contributed by atoms with E-state index in [1.165, 1.54) is 11.1 Å². The van der Waals surface area contributed by atoms with Crippen molar-refractivity contribution in [1.82, 2.24) is 4.98 Å². The molecule has 0 saturated carbocycles. The van der Waals surface area contributed by atoms with Crippen LogP contribution in [0.25, 0.3) is 11.3 Å². The molecule has 12 heavy (non-hydrogen) atoms. The van der Waals surface area contributed by atoms with Crippen molar-refractivity contribution in [3.8, 4) is 11.3 Å². The monoisotopic (exact) mass is 223 g/mol. The van der Waals surface area contributed by atoms with Crippen LogP contribution in [-0.2, 0) is 0 Å². The molecule has 0 aliphatic heterocycles. The van der Waals surface area contributed by atoms with Crippen molar-refractivity contribution in [3.63, 3.8) is 0 Å². The van der Waals surface area contributed by atoms with Crippen LogP contribution in [-0.4, -0.2) is 19.5 Å². The van der Waals surface area contributed by atoms with E-state index in [0.29, 0.717) is 14.5 Å². The van der Waals surface area contributed by atoms with Gasteiger partial charge in [-0.3, -0.25) is 0 Å². The van der Waals surface area contributed by atoms with Gasteiger partial charge >= 0.3 is 77.5 Å². The van der Waals surface area contributed by atoms with Gasteiger partial charge in [0.2, 0.25) is 0 Å². The fourth-order valence-electron chi connectivity index (χ4n) is 1.08. The molecule has 0 unspecified atom stereocenters. The van der Waals surface area contributed by atoms with E-state index in [1.54, 1.807) is 0 Å². The summed E-state index contributed by atoms with van der Waals surface area (Å²) in [6, 6.07) is 8.49. The quantitative estimate of drug-likeness (QED) is 0.673. The summed E-state index contributed by atoms with van der Waals surface area (Å²) in [7, 11) is 0. The summed E-state index contributed by atoms with van der Waals surface area (Å²) in [4.78, 5) is 6.51. The molecule has 0 N–H and O–H groups in total. The minimum atomic E-state index is 0.486. The van der Waals surface area contributed by atoms with E-state index >= 15 is 0 Å². The SMILES string of the molecule is Cc1ccc(-c2c[se]cn2)cc1. The third-order valence-corrected chi connectivity index (χ3v) is 3.01. The molecule has 0 aliphatic rings. The number of rotatable bonds is 1. The van der Waals surface area contributed by atoms with E-state index in [4.69, 9.17) is 0 Å². The molecule has 2 aromatic rings. The Morgan fingerprint density at radius 2 is 1.92 bits per heavy atom. The summed E-state index contributed by atoms with van der Waals surface area (Å²) in [6.45, 7) is 2.10. The van der Waals surface area contributed by atoms with Crippen LogP contribution >= 0.6 is 0 Å². The second-order valence-corrected chi connectivity index (χ2v) is 4.25. The van der Waals surface area contributed by atoms with Gasteiger partial charge in [0, 0.05) is 0 Å². The maximum absolute atomic E-state index is 4.30. The van der Waals surface area contributed by atoms with Crippen molar-refractivity contribution in [1.29, 1.82) is 0 Å². The standard InChI is InChI=1S/C10H9NSe/c1-8-2-4-9(5-3-8)10-6-12-7-11-10/h2-7H,1H3. The van der Waals surface area contributed by atoms with Crippen LogP contribution in [0.5, 0.6) is 0 Å². The Morgan fingerprint density at radius 1 is 1.17 bits per heavy atom. The molecule has 2 rings (SSSR count). The minimum absolute atomic E-state index is 0.486. The molecule has 0 fully saturated rings. The topological polar surface area (TPSA) is 12.9 Å². The number of aromatic nitrogens is 1. The maximum atomic E-state index is 4.30. The Morgan fingerprint density at radius 3 is 2.50 bits per heavy atom. The van der Waals surface area contributed by atoms with E-state index in [0.717, 1.165) is 5.69 Å². The van der Waals surface area contributed by atoms with Gasteiger partial charge in [0.05, 0.1) is 0 Å². The van der Waals surface area contributed by atoms with Gasteiger partial charge in [0.25, 0.3) is 0 Å². The Balaban J connectivity index is 2.43. The fraction of sp³-hybridized carbons (Fsp3) is 0.100. The van der Waals surface area contributed by atoms with E-state index in [2.05, 4.69) is 41.1 Å². The van der Waals surface area contributed by atoms with Gasteiger partial charge in [-0.15, -0.1) is 0 Å². The van der Waals surface area contributed by atoms with Crippen LogP contribution < -0.4 is 0 Å². The molecule has 0 atom stereocenters. The fourth-order valence-corrected chi connectivity index (χ4v) is 2.26. The Bertz CT molecular complexity index is 348. The first-order valence-electron chi connectivity index (χ1n) is 3.81. The van der Waals surface area contributed by atoms with Gasteiger partial charge in [0.15, 0.2) is 0 Å². The summed E-state index contributed by atoms with van der Waals surface area (Å²) >= 11 is 0.486. The summed E-state index contributed by atoms with van der Waals surface area (Å²) in [6.07, 6.45) is 0. The second-order valence-electron chi connectivity index (χ2n) is 2.74. The van der Waals surface area contributed by atoms with Crippen LogP contribution in [0.1, 0.15) is 5.56 Å². The van der Waals surface area contributed by atoms with Gasteiger partial charge in [-0.2, -0.15) is 0 Å². The van der Waals surface area contributed by atoms with Crippen molar-refractivity contribution in [3.05, 3.63) is 39.8 Å². The molecule has 0 radical (unpaired) electrons. The average molecular weight is 222 g/mol. The average Bonchev–Trinajstić information content (AvgIpc) is 2.58. The van der Waals surface area contributed by atoms with Gasteiger partial charge in [-0.1, -0.05) is 0 Å². The van der Waals surface area contributed by atoms with Crippen LogP contribution in [0.3, 0.4) is 0 Å². The Kier molecular flexibility index (Phi) is 2.11. The summed E-state index contributed by atoms with van der Waals surface area (Å²) in [5.41, 5.74) is 3.66. The Hall–Kier alpha value is -0.851. The van der Waals surface area contributed by atoms with Crippen molar-refractivity contribution in [2.24, 2.45) is 0 Å². The molecule has 2 heteroatoms. The first kappa shape index (κ1) is 7.78. The summed E-state index contributed by atoms with van der Waals surface area (Å²) < 4.78 is 0. The van der Waals surface area contributed by atoms with E-state index in [1.807, 2.05) is 5.07 Å². The molecule has 0 spiro atoms. The zero-order valence-electron chi connectivity index (χ0n) is 6.82. The predicted molar refractivity (Wildman–Crippen MR) is 51.4 cm³/mol. The zero-order valence-corrected chi connectivity index (χ0v) is 8.53. The van der Waals surface area contributed by atoms with E-state index in [9.17, 15) is 0 Å². The molecular formula is C10H9NSe. The van der Waals surface area contributed by atoms with E-state index < -0.39 is 0 Å². The van der Waals surface area contributed by atoms with Crippen molar-refractivity contribution < 1.29 is 0 Å². The van der Waals surface area contributed by atoms with Crippen molar-refractivity contribution in [2.45, 2.75) is 6.92 Å². The third-order valence-electron chi connectivity index (χ3n) is 1.78. The van der Waals surface area contributed by atoms with Crippen LogP contribution in [0.4, 0.5) is 0 Å². The van der Waals surface area contributed by atoms with Gasteiger partial charge < -0.3 is 0 Å². The first-order valence-corrected chi connectivity index (χ1v) is 5.79. The van der Waals surface area contributed by atoms with Gasteiger partial charge in [0.1, 0.15) is 0 Å². The molecule has 0 bridgehead atoms. The molecule has 1 aromatic carbocycles. The van der Waals surface area contributed by atoms with Crippen LogP contribution in [0.15, 0.2) is 34.3 Å². The van der Waals surface area contributed by atoms with Crippen molar-refractivity contribution >= 4 is 14.5 Å². The van der Waals surface area contributed by atoms with Crippen LogP contribution in [0, 0.1) is 6.92 Å². The summed E-state index contributed by atoms with van der Waals surface area (Å²) in [5, 5.41) is 2.00.